The number of nitrogens with one attached hydrogen (secondary N) is 1. The molecule has 10 heteroatoms. The lowest BCUT2D eigenvalue weighted by Crippen LogP contribution is -2.48. The van der Waals surface area contributed by atoms with Crippen LogP contribution in [0.15, 0.2) is 94.2 Å². The molecule has 0 atom stereocenters. The summed E-state index contributed by atoms with van der Waals surface area (Å²) in [6, 6.07) is 22.5. The number of hydrogen-bond donors (Lipinski definition) is 1. The van der Waals surface area contributed by atoms with Crippen molar-refractivity contribution in [3.8, 4) is 0 Å². The van der Waals surface area contributed by atoms with E-state index < -0.39 is 0 Å². The maximum Gasteiger partial charge on any atom is 0.270 e. The number of morpholine rings is 1. The molecule has 2 fully saturated rings. The van der Waals surface area contributed by atoms with E-state index in [1.807, 2.05) is 30.3 Å². The number of nitrogens with zero attached hydrogens (tertiary/aromatic N) is 3. The predicted octanol–water partition coefficient (Wildman–Crippen LogP) is 4.57. The number of rotatable bonds is 7. The molecule has 0 bridgehead atoms. The number of piperazine rings is 1. The van der Waals surface area contributed by atoms with E-state index in [4.69, 9.17) is 21.4 Å². The number of carbonyl (C=O) groups excluding carboxylic acids is 2. The first kappa shape index (κ1) is 28.7. The van der Waals surface area contributed by atoms with Crippen LogP contribution in [-0.4, -0.2) is 83.3 Å². The Bertz CT molecular complexity index is 1390. The van der Waals surface area contributed by atoms with Crippen LogP contribution in [-0.2, 0) is 9.53 Å². The van der Waals surface area contributed by atoms with Gasteiger partial charge in [0.05, 0.1) is 13.2 Å². The Morgan fingerprint density at radius 3 is 2.22 bits per heavy atom. The molecule has 2 amide bonds. The molecule has 3 aromatic rings. The van der Waals surface area contributed by atoms with Gasteiger partial charge in [-0.1, -0.05) is 60.7 Å². The molecule has 0 aliphatic carbocycles. The maximum atomic E-state index is 13.7. The van der Waals surface area contributed by atoms with Crippen LogP contribution in [0.2, 0.25) is 0 Å². The monoisotopic (exact) mass is 588 g/mol. The van der Waals surface area contributed by atoms with Crippen LogP contribution in [0.5, 0.6) is 0 Å². The van der Waals surface area contributed by atoms with Crippen molar-refractivity contribution in [2.45, 2.75) is 5.09 Å². The van der Waals surface area contributed by atoms with Gasteiger partial charge in [-0.25, -0.2) is 0 Å². The minimum atomic E-state index is -0.357. The lowest BCUT2D eigenvalue weighted by atomic mass is 10.2. The Labute approximate surface area is 249 Å². The molecule has 5 rings (SSSR count). The molecule has 1 N–H and O–H groups in total. The van der Waals surface area contributed by atoms with Gasteiger partial charge in [0.15, 0.2) is 5.09 Å². The smallest absolute Gasteiger partial charge is 0.270 e. The van der Waals surface area contributed by atoms with Gasteiger partial charge in [0, 0.05) is 50.9 Å². The maximum absolute atomic E-state index is 13.7. The number of thioether (sulfide) groups is 1. The van der Waals surface area contributed by atoms with Crippen molar-refractivity contribution in [3.63, 3.8) is 0 Å². The van der Waals surface area contributed by atoms with E-state index in [0.717, 1.165) is 18.7 Å². The van der Waals surface area contributed by atoms with Gasteiger partial charge in [-0.05, 0) is 53.9 Å². The Morgan fingerprint density at radius 1 is 0.829 bits per heavy atom. The summed E-state index contributed by atoms with van der Waals surface area (Å²) < 4.78 is 12.1. The number of amides is 2. The molecule has 2 aliphatic heterocycles. The van der Waals surface area contributed by atoms with Crippen molar-refractivity contribution in [1.29, 1.82) is 0 Å². The topological polar surface area (TPSA) is 78.3 Å². The Balaban J connectivity index is 1.27. The summed E-state index contributed by atoms with van der Waals surface area (Å²) in [5.74, 6) is -0.155. The van der Waals surface area contributed by atoms with Gasteiger partial charge in [-0.3, -0.25) is 9.59 Å². The predicted molar refractivity (Wildman–Crippen MR) is 165 cm³/mol. The average Bonchev–Trinajstić information content (AvgIpc) is 3.47. The third kappa shape index (κ3) is 8.09. The highest BCUT2D eigenvalue weighted by atomic mass is 32.2. The molecule has 2 saturated heterocycles. The van der Waals surface area contributed by atoms with Crippen LogP contribution in [0.3, 0.4) is 0 Å². The highest BCUT2D eigenvalue weighted by Gasteiger charge is 2.25. The minimum absolute atomic E-state index is 0.161. The van der Waals surface area contributed by atoms with E-state index in [0.29, 0.717) is 60.1 Å². The van der Waals surface area contributed by atoms with Gasteiger partial charge in [0.1, 0.15) is 15.8 Å². The van der Waals surface area contributed by atoms with Gasteiger partial charge in [0.2, 0.25) is 0 Å². The first-order valence-electron chi connectivity index (χ1n) is 13.5. The van der Waals surface area contributed by atoms with Crippen molar-refractivity contribution in [3.05, 3.63) is 102 Å². The molecule has 41 heavy (non-hydrogen) atoms. The summed E-state index contributed by atoms with van der Waals surface area (Å²) >= 11 is 6.94. The largest absolute Gasteiger partial charge is 0.450 e. The summed E-state index contributed by atoms with van der Waals surface area (Å²) in [6.07, 6.45) is 5.72. The molecule has 1 aromatic heterocycles. The summed E-state index contributed by atoms with van der Waals surface area (Å²) in [5.41, 5.74) is 1.75. The molecule has 2 aromatic carbocycles. The molecule has 0 radical (unpaired) electrons. The summed E-state index contributed by atoms with van der Waals surface area (Å²) in [4.78, 5) is 32.7. The second-order valence-electron chi connectivity index (χ2n) is 9.56. The highest BCUT2D eigenvalue weighted by Crippen LogP contribution is 2.26. The van der Waals surface area contributed by atoms with E-state index in [9.17, 15) is 9.59 Å². The van der Waals surface area contributed by atoms with E-state index >= 15 is 0 Å². The zero-order valence-electron chi connectivity index (χ0n) is 22.6. The first-order valence-corrected chi connectivity index (χ1v) is 14.8. The number of hydrogen-bond acceptors (Lipinski definition) is 7. The fourth-order valence-corrected chi connectivity index (χ4v) is 5.63. The van der Waals surface area contributed by atoms with Gasteiger partial charge < -0.3 is 29.2 Å². The first-order chi connectivity index (χ1) is 20.0. The van der Waals surface area contributed by atoms with E-state index in [-0.39, 0.29) is 17.5 Å². The molecule has 0 unspecified atom stereocenters. The van der Waals surface area contributed by atoms with Crippen molar-refractivity contribution >= 4 is 52.3 Å². The zero-order valence-corrected chi connectivity index (χ0v) is 24.2. The molecule has 0 saturated carbocycles. The standard InChI is InChI=1S/C31H32N4O4S2/c36-29(25-9-5-2-6-10-25)32-27(23-26-11-12-28(39-26)41-31(40)35-19-21-38-22-20-35)30(37)34-17-15-33(16-18-34)14-13-24-7-3-1-4-8-24/h1-14,23H,15-22H2,(H,32,36)/b14-13+,27-23-. The summed E-state index contributed by atoms with van der Waals surface area (Å²) in [6.45, 7) is 5.24. The van der Waals surface area contributed by atoms with Crippen LogP contribution in [0.1, 0.15) is 21.7 Å². The second kappa shape index (κ2) is 14.2. The molecule has 2 aliphatic rings. The second-order valence-corrected chi connectivity index (χ2v) is 11.2. The number of furan rings is 1. The normalized spacial score (nSPS) is 16.2. The van der Waals surface area contributed by atoms with E-state index in [1.165, 1.54) is 11.8 Å². The van der Waals surface area contributed by atoms with Crippen LogP contribution in [0.25, 0.3) is 12.2 Å². The Hall–Kier alpha value is -3.86. The lowest BCUT2D eigenvalue weighted by Gasteiger charge is -2.34. The molecular formula is C31H32N4O4S2. The van der Waals surface area contributed by atoms with E-state index in [1.54, 1.807) is 41.3 Å². The van der Waals surface area contributed by atoms with E-state index in [2.05, 4.69) is 39.5 Å². The van der Waals surface area contributed by atoms with Crippen molar-refractivity contribution in [2.24, 2.45) is 0 Å². The fraction of sp³-hybridized carbons (Fsp3) is 0.258. The Kier molecular flexibility index (Phi) is 9.90. The van der Waals surface area contributed by atoms with Crippen LogP contribution >= 0.6 is 24.0 Å². The third-order valence-corrected chi connectivity index (χ3v) is 8.10. The third-order valence-electron chi connectivity index (χ3n) is 6.74. The van der Waals surface area contributed by atoms with Gasteiger partial charge >= 0.3 is 0 Å². The number of carbonyl (C=O) groups is 2. The quantitative estimate of drug-likeness (QED) is 0.244. The molecular weight excluding hydrogens is 556 g/mol. The lowest BCUT2D eigenvalue weighted by molar-refractivity contribution is -0.128. The molecule has 8 nitrogen and oxygen atoms in total. The van der Waals surface area contributed by atoms with Crippen LogP contribution < -0.4 is 5.32 Å². The van der Waals surface area contributed by atoms with Crippen LogP contribution in [0.4, 0.5) is 0 Å². The van der Waals surface area contributed by atoms with Gasteiger partial charge in [-0.15, -0.1) is 0 Å². The number of benzene rings is 2. The van der Waals surface area contributed by atoms with Gasteiger partial charge in [0.25, 0.3) is 11.8 Å². The number of thiocarbonyl (C=S) groups is 1. The molecule has 212 valence electrons. The van der Waals surface area contributed by atoms with Crippen LogP contribution in [0, 0.1) is 0 Å². The number of ether oxygens (including phenoxy) is 1. The summed E-state index contributed by atoms with van der Waals surface area (Å²) in [7, 11) is 0. The average molecular weight is 589 g/mol. The minimum Gasteiger partial charge on any atom is -0.450 e. The summed E-state index contributed by atoms with van der Waals surface area (Å²) in [5, 5.41) is 3.45. The van der Waals surface area contributed by atoms with Crippen molar-refractivity contribution < 1.29 is 18.7 Å². The Morgan fingerprint density at radius 2 is 1.51 bits per heavy atom. The highest BCUT2D eigenvalue weighted by molar-refractivity contribution is 8.22. The SMILES string of the molecule is O=C(N/C(=C\c1ccc(SC(=S)N2CCOCC2)o1)C(=O)N1CCN(/C=C/c2ccccc2)CC1)c1ccccc1. The zero-order chi connectivity index (χ0) is 28.4. The molecule has 3 heterocycles. The fourth-order valence-electron chi connectivity index (χ4n) is 4.44. The van der Waals surface area contributed by atoms with Gasteiger partial charge in [-0.2, -0.15) is 0 Å². The van der Waals surface area contributed by atoms with Crippen molar-refractivity contribution in [1.82, 2.24) is 20.0 Å². The van der Waals surface area contributed by atoms with Crippen molar-refractivity contribution in [2.75, 3.05) is 52.5 Å². The molecule has 0 spiro atoms.